The minimum Gasteiger partial charge on any atom is -0.341 e. The number of carbonyl (C=O) groups is 2. The number of aryl methyl sites for hydroxylation is 1. The maximum absolute atomic E-state index is 13.2. The van der Waals surface area contributed by atoms with Crippen LogP contribution < -0.4 is 10.9 Å². The zero-order valence-electron chi connectivity index (χ0n) is 19.1. The van der Waals surface area contributed by atoms with Crippen molar-refractivity contribution in [2.45, 2.75) is 33.2 Å². The number of likely N-dealkylation sites (tertiary alicyclic amines) is 1. The second kappa shape index (κ2) is 8.98. The van der Waals surface area contributed by atoms with Crippen LogP contribution in [0.1, 0.15) is 35.0 Å². The molecule has 3 aromatic heterocycles. The van der Waals surface area contributed by atoms with Crippen LogP contribution in [0.3, 0.4) is 0 Å². The zero-order chi connectivity index (χ0) is 23.8. The van der Waals surface area contributed by atoms with Crippen molar-refractivity contribution in [3.8, 4) is 0 Å². The third-order valence-electron chi connectivity index (χ3n) is 6.41. The second-order valence-corrected chi connectivity index (χ2v) is 9.85. The molecule has 0 bridgehead atoms. The van der Waals surface area contributed by atoms with E-state index in [-0.39, 0.29) is 23.9 Å². The Balaban J connectivity index is 1.39. The molecule has 1 fully saturated rings. The van der Waals surface area contributed by atoms with Crippen LogP contribution in [0.15, 0.2) is 47.7 Å². The van der Waals surface area contributed by atoms with E-state index in [4.69, 9.17) is 0 Å². The Morgan fingerprint density at radius 3 is 2.74 bits per heavy atom. The van der Waals surface area contributed by atoms with E-state index in [1.54, 1.807) is 13.1 Å². The summed E-state index contributed by atoms with van der Waals surface area (Å²) in [5, 5.41) is 4.18. The first-order valence-corrected chi connectivity index (χ1v) is 12.1. The highest BCUT2D eigenvalue weighted by molar-refractivity contribution is 7.20. The van der Waals surface area contributed by atoms with Gasteiger partial charge in [0, 0.05) is 18.5 Å². The Bertz CT molecular complexity index is 1470. The van der Waals surface area contributed by atoms with E-state index < -0.39 is 0 Å². The van der Waals surface area contributed by atoms with Gasteiger partial charge in [0.1, 0.15) is 11.4 Å². The summed E-state index contributed by atoms with van der Waals surface area (Å²) in [7, 11) is 0. The monoisotopic (exact) mass is 475 g/mol. The standard InChI is InChI=1S/C25H25N5O3S/c1-15-7-9-29(10-8-15)20(31)13-30-14-27-24-21(25(30)33)16(2)22(34-24)23(32)28-18-11-17-5-3-4-6-19(17)26-12-18/h3-6,11-12,14-15H,7-10,13H2,1-2H3,(H,28,32). The number of thiophene rings is 1. The molecule has 0 aliphatic carbocycles. The number of fused-ring (bicyclic) bond motifs is 2. The van der Waals surface area contributed by atoms with Crippen LogP contribution in [-0.4, -0.2) is 44.3 Å². The molecule has 0 spiro atoms. The predicted molar refractivity (Wildman–Crippen MR) is 133 cm³/mol. The fraction of sp³-hybridized carbons (Fsp3) is 0.320. The fourth-order valence-electron chi connectivity index (χ4n) is 4.32. The number of hydrogen-bond donors (Lipinski definition) is 1. The second-order valence-electron chi connectivity index (χ2n) is 8.85. The van der Waals surface area contributed by atoms with E-state index >= 15 is 0 Å². The first kappa shape index (κ1) is 22.2. The SMILES string of the molecule is Cc1c(C(=O)Nc2cnc3ccccc3c2)sc2ncn(CC(=O)N3CCC(C)CC3)c(=O)c12. The van der Waals surface area contributed by atoms with Crippen LogP contribution in [0.4, 0.5) is 5.69 Å². The van der Waals surface area contributed by atoms with Gasteiger partial charge in [-0.25, -0.2) is 4.98 Å². The van der Waals surface area contributed by atoms with Crippen molar-refractivity contribution in [3.63, 3.8) is 0 Å². The zero-order valence-corrected chi connectivity index (χ0v) is 19.9. The molecular weight excluding hydrogens is 450 g/mol. The summed E-state index contributed by atoms with van der Waals surface area (Å²) in [4.78, 5) is 50.4. The lowest BCUT2D eigenvalue weighted by atomic mass is 9.99. The highest BCUT2D eigenvalue weighted by Crippen LogP contribution is 2.28. The lowest BCUT2D eigenvalue weighted by Crippen LogP contribution is -2.41. The number of rotatable bonds is 4. The quantitative estimate of drug-likeness (QED) is 0.484. The molecule has 4 aromatic rings. The maximum Gasteiger partial charge on any atom is 0.266 e. The molecule has 174 valence electrons. The summed E-state index contributed by atoms with van der Waals surface area (Å²) in [6.45, 7) is 5.32. The van der Waals surface area contributed by atoms with Gasteiger partial charge < -0.3 is 10.2 Å². The van der Waals surface area contributed by atoms with Gasteiger partial charge in [-0.15, -0.1) is 11.3 Å². The van der Waals surface area contributed by atoms with Gasteiger partial charge in [0.2, 0.25) is 5.91 Å². The highest BCUT2D eigenvalue weighted by atomic mass is 32.1. The van der Waals surface area contributed by atoms with Crippen molar-refractivity contribution in [1.29, 1.82) is 0 Å². The fourth-order valence-corrected chi connectivity index (χ4v) is 5.35. The van der Waals surface area contributed by atoms with Gasteiger partial charge in [0.05, 0.1) is 34.0 Å². The van der Waals surface area contributed by atoms with E-state index in [1.807, 2.05) is 35.2 Å². The number of nitrogens with zero attached hydrogens (tertiary/aromatic N) is 4. The van der Waals surface area contributed by atoms with Gasteiger partial charge in [0.15, 0.2) is 0 Å². The summed E-state index contributed by atoms with van der Waals surface area (Å²) in [5.74, 6) is 0.222. The Kier molecular flexibility index (Phi) is 5.87. The summed E-state index contributed by atoms with van der Waals surface area (Å²) in [6.07, 6.45) is 4.97. The Hall–Kier alpha value is -3.59. The van der Waals surface area contributed by atoms with Crippen LogP contribution >= 0.6 is 11.3 Å². The summed E-state index contributed by atoms with van der Waals surface area (Å²) < 4.78 is 1.34. The number of nitrogens with one attached hydrogen (secondary N) is 1. The summed E-state index contributed by atoms with van der Waals surface area (Å²) in [5.41, 5.74) is 1.69. The highest BCUT2D eigenvalue weighted by Gasteiger charge is 2.23. The molecule has 2 amide bonds. The molecule has 1 saturated heterocycles. The van der Waals surface area contributed by atoms with Crippen molar-refractivity contribution in [2.75, 3.05) is 18.4 Å². The van der Waals surface area contributed by atoms with Crippen LogP contribution in [0, 0.1) is 12.8 Å². The number of anilines is 1. The van der Waals surface area contributed by atoms with Gasteiger partial charge in [-0.05, 0) is 43.4 Å². The number of para-hydroxylation sites is 1. The molecule has 0 radical (unpaired) electrons. The van der Waals surface area contributed by atoms with Crippen LogP contribution in [0.2, 0.25) is 0 Å². The van der Waals surface area contributed by atoms with Gasteiger partial charge in [0.25, 0.3) is 11.5 Å². The smallest absolute Gasteiger partial charge is 0.266 e. The van der Waals surface area contributed by atoms with E-state index in [0.717, 1.165) is 36.8 Å². The molecule has 9 heteroatoms. The number of hydrogen-bond acceptors (Lipinski definition) is 6. The number of piperidine rings is 1. The molecule has 0 saturated carbocycles. The molecule has 1 aliphatic rings. The first-order valence-electron chi connectivity index (χ1n) is 11.3. The van der Waals surface area contributed by atoms with Crippen molar-refractivity contribution in [3.05, 3.63) is 63.7 Å². The lowest BCUT2D eigenvalue weighted by Gasteiger charge is -2.30. The molecule has 0 atom stereocenters. The molecule has 1 aromatic carbocycles. The van der Waals surface area contributed by atoms with E-state index in [1.165, 1.54) is 22.2 Å². The van der Waals surface area contributed by atoms with Crippen LogP contribution in [-0.2, 0) is 11.3 Å². The van der Waals surface area contributed by atoms with Crippen LogP contribution in [0.5, 0.6) is 0 Å². The third kappa shape index (κ3) is 4.19. The Labute approximate surface area is 200 Å². The molecule has 34 heavy (non-hydrogen) atoms. The predicted octanol–water partition coefficient (Wildman–Crippen LogP) is 3.83. The average molecular weight is 476 g/mol. The molecule has 8 nitrogen and oxygen atoms in total. The first-order chi connectivity index (χ1) is 16.4. The minimum absolute atomic E-state index is 0.0459. The van der Waals surface area contributed by atoms with Crippen LogP contribution in [0.25, 0.3) is 21.1 Å². The summed E-state index contributed by atoms with van der Waals surface area (Å²) in [6, 6.07) is 9.53. The van der Waals surface area contributed by atoms with E-state index in [9.17, 15) is 14.4 Å². The largest absolute Gasteiger partial charge is 0.341 e. The van der Waals surface area contributed by atoms with Gasteiger partial charge in [-0.3, -0.25) is 23.9 Å². The molecule has 1 N–H and O–H groups in total. The van der Waals surface area contributed by atoms with Crippen molar-refractivity contribution < 1.29 is 9.59 Å². The summed E-state index contributed by atoms with van der Waals surface area (Å²) >= 11 is 1.17. The number of amides is 2. The average Bonchev–Trinajstić information content (AvgIpc) is 3.18. The lowest BCUT2D eigenvalue weighted by molar-refractivity contribution is -0.133. The van der Waals surface area contributed by atoms with E-state index in [2.05, 4.69) is 22.2 Å². The van der Waals surface area contributed by atoms with Gasteiger partial charge in [-0.1, -0.05) is 25.1 Å². The molecule has 4 heterocycles. The van der Waals surface area contributed by atoms with E-state index in [0.29, 0.717) is 32.3 Å². The number of aromatic nitrogens is 3. The number of benzene rings is 1. The molecular formula is C25H25N5O3S. The number of pyridine rings is 1. The third-order valence-corrected chi connectivity index (χ3v) is 7.61. The molecule has 1 aliphatic heterocycles. The number of carbonyl (C=O) groups excluding carboxylic acids is 2. The van der Waals surface area contributed by atoms with Crippen molar-refractivity contribution in [1.82, 2.24) is 19.4 Å². The molecule has 5 rings (SSSR count). The topological polar surface area (TPSA) is 97.2 Å². The van der Waals surface area contributed by atoms with Gasteiger partial charge >= 0.3 is 0 Å². The maximum atomic E-state index is 13.2. The normalized spacial score (nSPS) is 14.6. The Morgan fingerprint density at radius 2 is 1.94 bits per heavy atom. The molecule has 0 unspecified atom stereocenters. The van der Waals surface area contributed by atoms with Crippen molar-refractivity contribution >= 4 is 50.0 Å². The Morgan fingerprint density at radius 1 is 1.18 bits per heavy atom. The van der Waals surface area contributed by atoms with Gasteiger partial charge in [-0.2, -0.15) is 0 Å². The minimum atomic E-state index is -0.318. The van der Waals surface area contributed by atoms with Crippen molar-refractivity contribution in [2.24, 2.45) is 5.92 Å².